The number of hydrogen-bond acceptors (Lipinski definition) is 2. The van der Waals surface area contributed by atoms with E-state index in [0.29, 0.717) is 0 Å². The number of aromatic nitrogens is 2. The van der Waals surface area contributed by atoms with Gasteiger partial charge in [-0.25, -0.2) is 0 Å². The van der Waals surface area contributed by atoms with E-state index in [1.165, 1.54) is 0 Å². The molecule has 0 amide bonds. The van der Waals surface area contributed by atoms with E-state index in [1.54, 1.807) is 13.3 Å². The van der Waals surface area contributed by atoms with E-state index in [9.17, 15) is 0 Å². The van der Waals surface area contributed by atoms with E-state index in [-0.39, 0.29) is 0 Å². The van der Waals surface area contributed by atoms with Gasteiger partial charge in [0.1, 0.15) is 16.8 Å². The number of fused-ring (bicyclic) bond motifs is 1. The summed E-state index contributed by atoms with van der Waals surface area (Å²) in [5, 5.41) is 0. The van der Waals surface area contributed by atoms with E-state index >= 15 is 0 Å². The maximum atomic E-state index is 5.15. The molecule has 0 aliphatic rings. The molecule has 0 fully saturated rings. The van der Waals surface area contributed by atoms with Crippen LogP contribution in [0.1, 0.15) is 0 Å². The minimum atomic E-state index is 0.811. The number of nitrogens with zero attached hydrogens (tertiary/aromatic N) is 1. The number of hydrogen-bond donors (Lipinski definition) is 1. The van der Waals surface area contributed by atoms with Gasteiger partial charge in [-0.1, -0.05) is 0 Å². The molecule has 0 atom stereocenters. The van der Waals surface area contributed by atoms with Gasteiger partial charge in [0, 0.05) is 18.5 Å². The molecule has 0 bridgehead atoms. The summed E-state index contributed by atoms with van der Waals surface area (Å²) in [7, 11) is 1.64. The normalized spacial score (nSPS) is 10.5. The molecule has 3 nitrogen and oxygen atoms in total. The lowest BCUT2D eigenvalue weighted by molar-refractivity contribution is 0.418. The van der Waals surface area contributed by atoms with Crippen LogP contribution in [0.2, 0.25) is 0 Å². The van der Waals surface area contributed by atoms with Crippen LogP contribution >= 0.6 is 15.9 Å². The topological polar surface area (TPSA) is 37.9 Å². The number of methoxy groups -OCH3 is 1. The molecule has 2 heterocycles. The van der Waals surface area contributed by atoms with E-state index in [1.807, 2.05) is 12.3 Å². The van der Waals surface area contributed by atoms with Crippen molar-refractivity contribution in [1.29, 1.82) is 0 Å². The largest absolute Gasteiger partial charge is 0.494 e. The van der Waals surface area contributed by atoms with Gasteiger partial charge in [0.05, 0.1) is 11.6 Å². The molecule has 4 heteroatoms. The first-order valence-electron chi connectivity index (χ1n) is 3.48. The number of pyridine rings is 1. The van der Waals surface area contributed by atoms with Crippen LogP contribution in [0.15, 0.2) is 22.9 Å². The number of H-pyrrole nitrogens is 1. The molecule has 2 aromatic rings. The molecular formula is C8H7BrN2O. The second-order valence-electron chi connectivity index (χ2n) is 2.37. The highest BCUT2D eigenvalue weighted by Gasteiger charge is 2.05. The van der Waals surface area contributed by atoms with Crippen molar-refractivity contribution < 1.29 is 4.74 Å². The summed E-state index contributed by atoms with van der Waals surface area (Å²) in [6.45, 7) is 0. The Labute approximate surface area is 77.9 Å². The molecule has 1 N–H and O–H groups in total. The van der Waals surface area contributed by atoms with Crippen molar-refractivity contribution in [2.75, 3.05) is 7.11 Å². The van der Waals surface area contributed by atoms with Gasteiger partial charge in [0.2, 0.25) is 0 Å². The Balaban J connectivity index is 2.81. The third-order valence-electron chi connectivity index (χ3n) is 1.70. The number of rotatable bonds is 1. The number of ether oxygens (including phenoxy) is 1. The zero-order chi connectivity index (χ0) is 8.55. The van der Waals surface area contributed by atoms with Crippen molar-refractivity contribution in [3.8, 4) is 5.75 Å². The number of halogens is 1. The minimum Gasteiger partial charge on any atom is -0.494 e. The first-order valence-corrected chi connectivity index (χ1v) is 4.28. The maximum Gasteiger partial charge on any atom is 0.146 e. The molecule has 0 aliphatic carbocycles. The van der Waals surface area contributed by atoms with Gasteiger partial charge in [-0.05, 0) is 15.9 Å². The van der Waals surface area contributed by atoms with Crippen LogP contribution < -0.4 is 4.74 Å². The zero-order valence-corrected chi connectivity index (χ0v) is 8.05. The molecular weight excluding hydrogens is 220 g/mol. The van der Waals surface area contributed by atoms with Crippen molar-refractivity contribution in [2.45, 2.75) is 0 Å². The Morgan fingerprint density at radius 1 is 1.58 bits per heavy atom. The fourth-order valence-electron chi connectivity index (χ4n) is 1.14. The minimum absolute atomic E-state index is 0.811. The van der Waals surface area contributed by atoms with Crippen LogP contribution in [0.5, 0.6) is 5.75 Å². The standard InChI is InChI=1S/C8H7BrN2O/c1-12-6-2-3-10-7-5(9)4-11-8(6)7/h2-4,11H,1H3. The summed E-state index contributed by atoms with van der Waals surface area (Å²) in [4.78, 5) is 7.26. The quantitative estimate of drug-likeness (QED) is 0.811. The zero-order valence-electron chi connectivity index (χ0n) is 6.47. The van der Waals surface area contributed by atoms with E-state index < -0.39 is 0 Å². The smallest absolute Gasteiger partial charge is 0.146 e. The Bertz CT molecular complexity index is 410. The maximum absolute atomic E-state index is 5.15. The van der Waals surface area contributed by atoms with E-state index in [0.717, 1.165) is 21.3 Å². The van der Waals surface area contributed by atoms with Crippen LogP contribution in [0.25, 0.3) is 11.0 Å². The molecule has 0 spiro atoms. The first-order chi connectivity index (χ1) is 5.83. The second kappa shape index (κ2) is 2.79. The summed E-state index contributed by atoms with van der Waals surface area (Å²) < 4.78 is 6.10. The van der Waals surface area contributed by atoms with Crippen LogP contribution in [0.3, 0.4) is 0 Å². The molecule has 0 aromatic carbocycles. The lowest BCUT2D eigenvalue weighted by Gasteiger charge is -1.99. The van der Waals surface area contributed by atoms with E-state index in [2.05, 4.69) is 25.9 Å². The molecule has 0 aliphatic heterocycles. The Hall–Kier alpha value is -1.03. The van der Waals surface area contributed by atoms with Crippen molar-refractivity contribution in [1.82, 2.24) is 9.97 Å². The van der Waals surface area contributed by atoms with Gasteiger partial charge in [-0.3, -0.25) is 4.98 Å². The van der Waals surface area contributed by atoms with Crippen LogP contribution in [-0.4, -0.2) is 17.1 Å². The summed E-state index contributed by atoms with van der Waals surface area (Å²) in [5.41, 5.74) is 1.82. The van der Waals surface area contributed by atoms with Crippen LogP contribution in [-0.2, 0) is 0 Å². The molecule has 0 radical (unpaired) electrons. The summed E-state index contributed by atoms with van der Waals surface area (Å²) >= 11 is 3.38. The van der Waals surface area contributed by atoms with Gasteiger partial charge in [0.25, 0.3) is 0 Å². The number of nitrogens with one attached hydrogen (secondary N) is 1. The summed E-state index contributed by atoms with van der Waals surface area (Å²) in [5.74, 6) is 0.811. The van der Waals surface area contributed by atoms with Gasteiger partial charge in [-0.15, -0.1) is 0 Å². The summed E-state index contributed by atoms with van der Waals surface area (Å²) in [6, 6.07) is 1.82. The Morgan fingerprint density at radius 2 is 2.42 bits per heavy atom. The lowest BCUT2D eigenvalue weighted by atomic mass is 10.3. The predicted octanol–water partition coefficient (Wildman–Crippen LogP) is 2.33. The van der Waals surface area contributed by atoms with Crippen LogP contribution in [0, 0.1) is 0 Å². The third kappa shape index (κ3) is 0.992. The van der Waals surface area contributed by atoms with Gasteiger partial charge >= 0.3 is 0 Å². The van der Waals surface area contributed by atoms with Gasteiger partial charge < -0.3 is 9.72 Å². The lowest BCUT2D eigenvalue weighted by Crippen LogP contribution is -1.84. The molecule has 12 heavy (non-hydrogen) atoms. The fourth-order valence-corrected chi connectivity index (χ4v) is 1.55. The third-order valence-corrected chi connectivity index (χ3v) is 2.31. The molecule has 0 unspecified atom stereocenters. The summed E-state index contributed by atoms with van der Waals surface area (Å²) in [6.07, 6.45) is 3.57. The highest BCUT2D eigenvalue weighted by atomic mass is 79.9. The average Bonchev–Trinajstić information content (AvgIpc) is 2.48. The van der Waals surface area contributed by atoms with Crippen molar-refractivity contribution in [3.05, 3.63) is 22.9 Å². The second-order valence-corrected chi connectivity index (χ2v) is 3.23. The molecule has 0 saturated heterocycles. The highest BCUT2D eigenvalue weighted by molar-refractivity contribution is 9.10. The highest BCUT2D eigenvalue weighted by Crippen LogP contribution is 2.27. The van der Waals surface area contributed by atoms with Crippen molar-refractivity contribution >= 4 is 27.0 Å². The average molecular weight is 227 g/mol. The van der Waals surface area contributed by atoms with Gasteiger partial charge in [0.15, 0.2) is 0 Å². The fraction of sp³-hybridized carbons (Fsp3) is 0.125. The number of aromatic amines is 1. The van der Waals surface area contributed by atoms with Crippen molar-refractivity contribution in [2.24, 2.45) is 0 Å². The molecule has 2 rings (SSSR count). The van der Waals surface area contributed by atoms with Crippen LogP contribution in [0.4, 0.5) is 0 Å². The molecule has 2 aromatic heterocycles. The Morgan fingerprint density at radius 3 is 3.17 bits per heavy atom. The monoisotopic (exact) mass is 226 g/mol. The first kappa shape index (κ1) is 7.61. The molecule has 0 saturated carbocycles. The Kier molecular flexibility index (Phi) is 1.77. The van der Waals surface area contributed by atoms with Crippen molar-refractivity contribution in [3.63, 3.8) is 0 Å². The SMILES string of the molecule is COc1ccnc2c(Br)c[nH]c12. The van der Waals surface area contributed by atoms with Gasteiger partial charge in [-0.2, -0.15) is 0 Å². The van der Waals surface area contributed by atoms with E-state index in [4.69, 9.17) is 4.74 Å². The molecule has 62 valence electrons. The predicted molar refractivity (Wildman–Crippen MR) is 50.3 cm³/mol.